The van der Waals surface area contributed by atoms with Crippen LogP contribution in [0.25, 0.3) is 0 Å². The Hall–Kier alpha value is -3.75. The Balaban J connectivity index is 1.36. The van der Waals surface area contributed by atoms with Crippen LogP contribution in [0.15, 0.2) is 24.3 Å². The molecule has 2 aliphatic heterocycles. The highest BCUT2D eigenvalue weighted by Crippen LogP contribution is 2.47. The van der Waals surface area contributed by atoms with Crippen molar-refractivity contribution in [3.63, 3.8) is 0 Å². The molecule has 0 radical (unpaired) electrons. The second-order valence-corrected chi connectivity index (χ2v) is 12.8. The van der Waals surface area contributed by atoms with Crippen LogP contribution < -0.4 is 16.0 Å². The van der Waals surface area contributed by atoms with Crippen molar-refractivity contribution in [2.24, 2.45) is 11.8 Å². The van der Waals surface area contributed by atoms with Gasteiger partial charge in [0.05, 0.1) is 11.5 Å². The third kappa shape index (κ3) is 5.85. The zero-order valence-corrected chi connectivity index (χ0v) is 23.3. The molecule has 4 aliphatic rings. The lowest BCUT2D eigenvalue weighted by Crippen LogP contribution is -2.60. The van der Waals surface area contributed by atoms with Gasteiger partial charge in [-0.15, -0.1) is 0 Å². The van der Waals surface area contributed by atoms with Crippen LogP contribution in [0.1, 0.15) is 64.9 Å². The topological polar surface area (TPSA) is 141 Å². The van der Waals surface area contributed by atoms with Crippen LogP contribution in [0.3, 0.4) is 0 Å². The summed E-state index contributed by atoms with van der Waals surface area (Å²) in [5, 5.41) is 18.0. The lowest BCUT2D eigenvalue weighted by Gasteiger charge is -2.40. The maximum Gasteiger partial charge on any atom is 0.408 e. The molecule has 10 nitrogen and oxygen atoms in total. The first-order valence-corrected chi connectivity index (χ1v) is 14.0. The fourth-order valence-corrected chi connectivity index (χ4v) is 6.13. The van der Waals surface area contributed by atoms with Gasteiger partial charge in [0.15, 0.2) is 0 Å². The number of rotatable bonds is 7. The maximum absolute atomic E-state index is 14.0. The smallest absolute Gasteiger partial charge is 0.408 e. The van der Waals surface area contributed by atoms with E-state index in [1.165, 1.54) is 4.90 Å². The molecule has 12 heteroatoms. The molecule has 0 aromatic heterocycles. The zero-order chi connectivity index (χ0) is 29.7. The number of likely N-dealkylation sites (tertiary alicyclic amines) is 1. The fourth-order valence-electron chi connectivity index (χ4n) is 6.13. The van der Waals surface area contributed by atoms with Gasteiger partial charge < -0.3 is 25.6 Å². The van der Waals surface area contributed by atoms with Gasteiger partial charge in [0.2, 0.25) is 23.6 Å². The van der Waals surface area contributed by atoms with Crippen LogP contribution >= 0.6 is 0 Å². The monoisotopic (exact) mass is 571 g/mol. The Kier molecular flexibility index (Phi) is 7.20. The van der Waals surface area contributed by atoms with Crippen molar-refractivity contribution in [2.75, 3.05) is 11.9 Å². The predicted molar refractivity (Wildman–Crippen MR) is 143 cm³/mol. The van der Waals surface area contributed by atoms with Gasteiger partial charge in [0.1, 0.15) is 23.7 Å². The van der Waals surface area contributed by atoms with Gasteiger partial charge in [-0.2, -0.15) is 5.26 Å². The fraction of sp³-hybridized carbons (Fsp3) is 0.621. The number of para-hydroxylation sites is 1. The number of amides is 4. The second-order valence-electron chi connectivity index (χ2n) is 12.8. The highest BCUT2D eigenvalue weighted by atomic mass is 19.3. The third-order valence-electron chi connectivity index (χ3n) is 8.34. The third-order valence-corrected chi connectivity index (χ3v) is 8.34. The quantitative estimate of drug-likeness (QED) is 0.459. The summed E-state index contributed by atoms with van der Waals surface area (Å²) < 4.78 is 32.8. The summed E-state index contributed by atoms with van der Waals surface area (Å²) in [6, 6.07) is 6.02. The summed E-state index contributed by atoms with van der Waals surface area (Å²) in [6.45, 7) is 4.89. The molecule has 3 N–H and O–H groups in total. The van der Waals surface area contributed by atoms with Crippen LogP contribution in [0.5, 0.6) is 0 Å². The summed E-state index contributed by atoms with van der Waals surface area (Å²) >= 11 is 0. The van der Waals surface area contributed by atoms with E-state index in [9.17, 15) is 33.2 Å². The number of hydrogen-bond donors (Lipinski definition) is 3. The number of halogens is 2. The molecule has 5 rings (SSSR count). The largest absolute Gasteiger partial charge is 0.444 e. The Morgan fingerprint density at radius 2 is 1.85 bits per heavy atom. The first-order valence-electron chi connectivity index (χ1n) is 14.0. The standard InChI is InChI=1S/C29H35F2N5O5/c1-27(2,3)41-26(40)35-22(17-11-29(30,31)12-17)23(37)33-21(10-16-8-9-16)24(38)36-15-28(13-18(36)14-32)19-6-4-5-7-20(19)34-25(28)39/h4-7,16-18,21-22H,8-13,15H2,1-3H3,(H,33,37)(H,34,39)(H,35,40)/t18-,21-,22-,28-/m0/s1. The number of nitrogens with zero attached hydrogens (tertiary/aromatic N) is 2. The lowest BCUT2D eigenvalue weighted by atomic mass is 9.76. The van der Waals surface area contributed by atoms with Crippen LogP contribution in [0.4, 0.5) is 19.3 Å². The minimum atomic E-state index is -2.94. The number of nitriles is 1. The maximum atomic E-state index is 14.0. The molecule has 1 aromatic carbocycles. The van der Waals surface area contributed by atoms with E-state index in [2.05, 4.69) is 22.0 Å². The van der Waals surface area contributed by atoms with Gasteiger partial charge in [-0.3, -0.25) is 14.4 Å². The van der Waals surface area contributed by atoms with E-state index >= 15 is 0 Å². The Bertz CT molecular complexity index is 1290. The number of benzene rings is 1. The molecular weight excluding hydrogens is 536 g/mol. The van der Waals surface area contributed by atoms with E-state index in [1.807, 2.05) is 0 Å². The second kappa shape index (κ2) is 10.3. The molecule has 2 heterocycles. The SMILES string of the molecule is CC(C)(C)OC(=O)N[C@H](C(=O)N[C@@H](CC1CC1)C(=O)N1C[C@]2(C[C@H]1C#N)C(=O)Nc1ccccc12)C1CC(F)(F)C1. The summed E-state index contributed by atoms with van der Waals surface area (Å²) in [5.41, 5.74) is -0.600. The van der Waals surface area contributed by atoms with Crippen molar-refractivity contribution < 1.29 is 32.7 Å². The van der Waals surface area contributed by atoms with Crippen molar-refractivity contribution in [1.82, 2.24) is 15.5 Å². The number of alkyl halides is 2. The number of nitrogens with one attached hydrogen (secondary N) is 3. The molecular formula is C29H35F2N5O5. The van der Waals surface area contributed by atoms with Crippen LogP contribution in [0, 0.1) is 23.2 Å². The van der Waals surface area contributed by atoms with Gasteiger partial charge in [-0.25, -0.2) is 13.6 Å². The Morgan fingerprint density at radius 3 is 2.46 bits per heavy atom. The summed E-state index contributed by atoms with van der Waals surface area (Å²) in [5.74, 6) is -5.16. The predicted octanol–water partition coefficient (Wildman–Crippen LogP) is 3.22. The van der Waals surface area contributed by atoms with E-state index in [1.54, 1.807) is 45.0 Å². The normalized spacial score (nSPS) is 26.3. The summed E-state index contributed by atoms with van der Waals surface area (Å²) in [7, 11) is 0. The first kappa shape index (κ1) is 28.8. The summed E-state index contributed by atoms with van der Waals surface area (Å²) in [4.78, 5) is 54.5. The van der Waals surface area contributed by atoms with E-state index in [0.717, 1.165) is 18.4 Å². The minimum Gasteiger partial charge on any atom is -0.444 e. The number of anilines is 1. The molecule has 2 aliphatic carbocycles. The van der Waals surface area contributed by atoms with Crippen molar-refractivity contribution in [3.05, 3.63) is 29.8 Å². The van der Waals surface area contributed by atoms with Crippen LogP contribution in [-0.4, -0.2) is 64.9 Å². The molecule has 220 valence electrons. The minimum absolute atomic E-state index is 0.0294. The number of carbonyl (C=O) groups excluding carboxylic acids is 4. The van der Waals surface area contributed by atoms with Gasteiger partial charge in [0, 0.05) is 31.5 Å². The van der Waals surface area contributed by atoms with E-state index in [4.69, 9.17) is 4.74 Å². The van der Waals surface area contributed by atoms with Crippen molar-refractivity contribution in [2.45, 2.75) is 94.4 Å². The molecule has 1 spiro atoms. The van der Waals surface area contributed by atoms with E-state index < -0.39 is 71.7 Å². The molecule has 4 amide bonds. The molecule has 41 heavy (non-hydrogen) atoms. The van der Waals surface area contributed by atoms with E-state index in [0.29, 0.717) is 12.1 Å². The van der Waals surface area contributed by atoms with Crippen molar-refractivity contribution in [3.8, 4) is 6.07 Å². The van der Waals surface area contributed by atoms with Gasteiger partial charge in [0.25, 0.3) is 0 Å². The van der Waals surface area contributed by atoms with Crippen LogP contribution in [0.2, 0.25) is 0 Å². The molecule has 4 atom stereocenters. The zero-order valence-electron chi connectivity index (χ0n) is 23.3. The highest BCUT2D eigenvalue weighted by Gasteiger charge is 2.57. The Labute approximate surface area is 237 Å². The number of fused-ring (bicyclic) bond motifs is 2. The number of carbonyl (C=O) groups is 4. The van der Waals surface area contributed by atoms with Crippen LogP contribution in [-0.2, 0) is 24.5 Å². The average molecular weight is 572 g/mol. The Morgan fingerprint density at radius 1 is 1.17 bits per heavy atom. The highest BCUT2D eigenvalue weighted by molar-refractivity contribution is 6.07. The molecule has 2 saturated carbocycles. The number of alkyl carbamates (subject to hydrolysis) is 1. The molecule has 0 unspecified atom stereocenters. The van der Waals surface area contributed by atoms with Gasteiger partial charge >= 0.3 is 6.09 Å². The molecule has 1 aromatic rings. The molecule has 1 saturated heterocycles. The number of hydrogen-bond acceptors (Lipinski definition) is 6. The lowest BCUT2D eigenvalue weighted by molar-refractivity contribution is -0.144. The number of ether oxygens (including phenoxy) is 1. The average Bonchev–Trinajstić information content (AvgIpc) is 3.53. The molecule has 0 bridgehead atoms. The molecule has 3 fully saturated rings. The van der Waals surface area contributed by atoms with Crippen molar-refractivity contribution >= 4 is 29.5 Å². The summed E-state index contributed by atoms with van der Waals surface area (Å²) in [6.07, 6.45) is 0.0704. The van der Waals surface area contributed by atoms with Crippen molar-refractivity contribution in [1.29, 1.82) is 5.26 Å². The van der Waals surface area contributed by atoms with E-state index in [-0.39, 0.29) is 24.8 Å². The van der Waals surface area contributed by atoms with Gasteiger partial charge in [-0.05, 0) is 50.7 Å². The first-order chi connectivity index (χ1) is 19.2. The van der Waals surface area contributed by atoms with Gasteiger partial charge in [-0.1, -0.05) is 31.0 Å².